The van der Waals surface area contributed by atoms with Crippen LogP contribution >= 0.6 is 0 Å². The molecule has 0 spiro atoms. The number of aliphatic carboxylic acids is 1. The van der Waals surface area contributed by atoms with E-state index >= 15 is 0 Å². The number of esters is 2. The van der Waals surface area contributed by atoms with Gasteiger partial charge < -0.3 is 24.2 Å². The van der Waals surface area contributed by atoms with Gasteiger partial charge in [0.1, 0.15) is 11.7 Å². The number of carboxylic acid groups (broad SMARTS) is 1. The van der Waals surface area contributed by atoms with Gasteiger partial charge in [-0.25, -0.2) is 9.59 Å². The van der Waals surface area contributed by atoms with E-state index in [1.54, 1.807) is 13.8 Å². The van der Waals surface area contributed by atoms with Crippen LogP contribution in [0.1, 0.15) is 153 Å². The van der Waals surface area contributed by atoms with Crippen LogP contribution in [0.5, 0.6) is 0 Å². The van der Waals surface area contributed by atoms with Gasteiger partial charge in [0.15, 0.2) is 0 Å². The Hall–Kier alpha value is -3.28. The van der Waals surface area contributed by atoms with E-state index in [9.17, 15) is 24.3 Å². The van der Waals surface area contributed by atoms with Gasteiger partial charge in [-0.3, -0.25) is 9.59 Å². The molecule has 5 fully saturated rings. The van der Waals surface area contributed by atoms with Gasteiger partial charge in [-0.15, -0.1) is 0 Å². The van der Waals surface area contributed by atoms with Crippen LogP contribution in [-0.4, -0.2) is 65.9 Å². The van der Waals surface area contributed by atoms with Gasteiger partial charge in [0, 0.05) is 22.9 Å². The minimum absolute atomic E-state index is 0.00212. The van der Waals surface area contributed by atoms with E-state index in [1.165, 1.54) is 17.6 Å². The Morgan fingerprint density at radius 3 is 2.19 bits per heavy atom. The second-order valence-electron chi connectivity index (χ2n) is 22.4. The summed E-state index contributed by atoms with van der Waals surface area (Å²) in [7, 11) is 1.36. The lowest BCUT2D eigenvalue weighted by Gasteiger charge is -2.72. The molecule has 10 atom stereocenters. The van der Waals surface area contributed by atoms with Crippen LogP contribution in [0, 0.1) is 73.9 Å². The first-order valence-electron chi connectivity index (χ1n) is 22.2. The predicted molar refractivity (Wildman–Crippen MR) is 224 cm³/mol. The van der Waals surface area contributed by atoms with Crippen LogP contribution in [-0.2, 0) is 28.6 Å². The quantitative estimate of drug-likeness (QED) is 0.122. The molecule has 6 rings (SSSR count). The lowest BCUT2D eigenvalue weighted by atomic mass is 9.32. The standard InChI is InChI=1S/C49H73NO8/c1-30(2)32-17-24-49(23-16-31-20-27-50(29-33(31)40(52)53)42(55)58-43(3,4)5)26-25-47(11)34(39(32)49)14-15-36-46(10)21-19-37(45(8,9)35(46)18-22-48(36,47)12)57-38(51)28-44(6,7)41(54)56-13/h32,34-37,39H,1,14-15,17-22,24-29H2,2-13H3,(H,52,53)/t32?,34?,35?,36?,37-,39?,46-,47+,48+,49+/m0/s1. The van der Waals surface area contributed by atoms with Crippen LogP contribution in [0.3, 0.4) is 0 Å². The second-order valence-corrected chi connectivity index (χ2v) is 22.4. The molecular formula is C49H73NO8. The number of ether oxygens (including phenoxy) is 3. The van der Waals surface area contributed by atoms with Crippen molar-refractivity contribution in [2.75, 3.05) is 20.2 Å². The summed E-state index contributed by atoms with van der Waals surface area (Å²) in [5, 5.41) is 10.3. The lowest BCUT2D eigenvalue weighted by molar-refractivity contribution is -0.247. The van der Waals surface area contributed by atoms with Gasteiger partial charge in [-0.2, -0.15) is 0 Å². The average Bonchev–Trinajstić information content (AvgIpc) is 3.51. The molecule has 0 saturated heterocycles. The number of amides is 1. The summed E-state index contributed by atoms with van der Waals surface area (Å²) in [6.45, 7) is 28.4. The van der Waals surface area contributed by atoms with Gasteiger partial charge >= 0.3 is 24.0 Å². The molecule has 0 aromatic heterocycles. The first-order chi connectivity index (χ1) is 26.8. The van der Waals surface area contributed by atoms with E-state index in [4.69, 9.17) is 14.2 Å². The minimum Gasteiger partial charge on any atom is -0.478 e. The molecule has 0 aromatic rings. The Morgan fingerprint density at radius 2 is 1.57 bits per heavy atom. The molecule has 6 aliphatic rings. The number of hydrogen-bond acceptors (Lipinski definition) is 7. The van der Waals surface area contributed by atoms with Crippen LogP contribution in [0.15, 0.2) is 23.3 Å². The molecule has 5 saturated carbocycles. The molecule has 1 N–H and O–H groups in total. The highest BCUT2D eigenvalue weighted by molar-refractivity contribution is 5.90. The normalized spacial score (nSPS) is 38.1. The third-order valence-corrected chi connectivity index (χ3v) is 17.3. The fourth-order valence-corrected chi connectivity index (χ4v) is 14.2. The summed E-state index contributed by atoms with van der Waals surface area (Å²) >= 11 is 0. The number of hydrogen-bond donors (Lipinski definition) is 1. The van der Waals surface area contributed by atoms with E-state index < -0.39 is 29.0 Å². The SMILES string of the molecule is C=C(C)C1CC[C@]2(C#CC3=C(C(=O)O)CN(C(=O)OC(C)(C)C)CC3)CC[C@]3(C)C(CCC4[C@@]5(C)CC[C@H](OC(=O)CC(C)(C)C(=O)OC)C(C)(C)C5CC[C@]43C)C12. The average molecular weight is 804 g/mol. The molecule has 1 aliphatic heterocycles. The minimum atomic E-state index is -1.03. The third kappa shape index (κ3) is 7.33. The van der Waals surface area contributed by atoms with Crippen molar-refractivity contribution in [3.05, 3.63) is 23.3 Å². The Balaban J connectivity index is 1.26. The number of allylic oxidation sites excluding steroid dienone is 1. The third-order valence-electron chi connectivity index (χ3n) is 17.3. The molecular weight excluding hydrogens is 731 g/mol. The fourth-order valence-electron chi connectivity index (χ4n) is 14.2. The summed E-state index contributed by atoms with van der Waals surface area (Å²) < 4.78 is 16.8. The van der Waals surface area contributed by atoms with Gasteiger partial charge in [0.25, 0.3) is 0 Å². The Labute approximate surface area is 348 Å². The zero-order chi connectivity index (χ0) is 43.0. The molecule has 0 aromatic carbocycles. The number of rotatable bonds is 6. The first kappa shape index (κ1) is 44.3. The molecule has 1 heterocycles. The Morgan fingerprint density at radius 1 is 0.879 bits per heavy atom. The predicted octanol–water partition coefficient (Wildman–Crippen LogP) is 10.2. The lowest BCUT2D eigenvalue weighted by Crippen LogP contribution is -2.66. The van der Waals surface area contributed by atoms with Crippen LogP contribution < -0.4 is 0 Å². The summed E-state index contributed by atoms with van der Waals surface area (Å²) in [6.07, 6.45) is 10.2. The molecule has 5 unspecified atom stereocenters. The van der Waals surface area contributed by atoms with Crippen molar-refractivity contribution >= 4 is 24.0 Å². The number of fused-ring (bicyclic) bond motifs is 7. The Kier molecular flexibility index (Phi) is 11.5. The monoisotopic (exact) mass is 804 g/mol. The van der Waals surface area contributed by atoms with E-state index in [0.717, 1.165) is 64.2 Å². The van der Waals surface area contributed by atoms with E-state index in [0.29, 0.717) is 48.1 Å². The van der Waals surface area contributed by atoms with E-state index in [2.05, 4.69) is 60.0 Å². The highest BCUT2D eigenvalue weighted by Gasteiger charge is 2.71. The van der Waals surface area contributed by atoms with Crippen LogP contribution in [0.4, 0.5) is 4.79 Å². The highest BCUT2D eigenvalue weighted by atomic mass is 16.6. The molecule has 58 heavy (non-hydrogen) atoms. The summed E-state index contributed by atoms with van der Waals surface area (Å²) in [4.78, 5) is 52.7. The molecule has 322 valence electrons. The molecule has 0 radical (unpaired) electrons. The van der Waals surface area contributed by atoms with Crippen molar-refractivity contribution in [3.8, 4) is 11.8 Å². The maximum atomic E-state index is 13.3. The fraction of sp³-hybridized carbons (Fsp3) is 0.796. The number of nitrogens with zero attached hydrogens (tertiary/aromatic N) is 1. The van der Waals surface area contributed by atoms with Crippen LogP contribution in [0.2, 0.25) is 0 Å². The number of carbonyl (C=O) groups is 4. The van der Waals surface area contributed by atoms with Crippen molar-refractivity contribution in [1.82, 2.24) is 4.90 Å². The molecule has 0 bridgehead atoms. The summed E-state index contributed by atoms with van der Waals surface area (Å²) in [5.74, 6) is 7.74. The zero-order valence-electron chi connectivity index (χ0n) is 37.8. The number of carbonyl (C=O) groups excluding carboxylic acids is 3. The van der Waals surface area contributed by atoms with E-state index in [-0.39, 0.29) is 57.7 Å². The smallest absolute Gasteiger partial charge is 0.410 e. The maximum absolute atomic E-state index is 13.3. The van der Waals surface area contributed by atoms with Gasteiger partial charge in [0.2, 0.25) is 0 Å². The van der Waals surface area contributed by atoms with E-state index in [1.807, 2.05) is 20.8 Å². The molecule has 9 heteroatoms. The maximum Gasteiger partial charge on any atom is 0.410 e. The van der Waals surface area contributed by atoms with Crippen molar-refractivity contribution in [3.63, 3.8) is 0 Å². The van der Waals surface area contributed by atoms with Crippen molar-refractivity contribution in [2.45, 2.75) is 165 Å². The Bertz CT molecular complexity index is 1810. The van der Waals surface area contributed by atoms with Crippen molar-refractivity contribution in [1.29, 1.82) is 0 Å². The van der Waals surface area contributed by atoms with Gasteiger partial charge in [0.05, 0.1) is 31.1 Å². The molecule has 5 aliphatic carbocycles. The topological polar surface area (TPSA) is 119 Å². The number of carboxylic acids is 1. The van der Waals surface area contributed by atoms with Crippen molar-refractivity contribution in [2.24, 2.45) is 62.1 Å². The molecule has 1 amide bonds. The first-order valence-corrected chi connectivity index (χ1v) is 22.2. The van der Waals surface area contributed by atoms with Gasteiger partial charge in [-0.1, -0.05) is 58.6 Å². The zero-order valence-corrected chi connectivity index (χ0v) is 37.8. The highest BCUT2D eigenvalue weighted by Crippen LogP contribution is 2.77. The van der Waals surface area contributed by atoms with Crippen LogP contribution in [0.25, 0.3) is 0 Å². The number of methoxy groups -OCH3 is 1. The molecule has 9 nitrogen and oxygen atoms in total. The second kappa shape index (κ2) is 15.0. The van der Waals surface area contributed by atoms with Crippen molar-refractivity contribution < 1.29 is 38.5 Å². The largest absolute Gasteiger partial charge is 0.478 e. The summed E-state index contributed by atoms with van der Waals surface area (Å²) in [6, 6.07) is 0. The van der Waals surface area contributed by atoms with Gasteiger partial charge in [-0.05, 0) is 158 Å². The summed E-state index contributed by atoms with van der Waals surface area (Å²) in [5.41, 5.74) is 0.393.